The summed E-state index contributed by atoms with van der Waals surface area (Å²) in [5.41, 5.74) is 2.98. The second kappa shape index (κ2) is 8.95. The first-order valence-corrected chi connectivity index (χ1v) is 10.7. The van der Waals surface area contributed by atoms with E-state index < -0.39 is 0 Å². The number of methoxy groups -OCH3 is 1. The minimum atomic E-state index is -0.275. The maximum atomic E-state index is 12.9. The molecule has 2 aromatic rings. The molecule has 0 radical (unpaired) electrons. The lowest BCUT2D eigenvalue weighted by molar-refractivity contribution is -0.122. The molecule has 2 aliphatic heterocycles. The summed E-state index contributed by atoms with van der Waals surface area (Å²) >= 11 is 6.78. The Balaban J connectivity index is 1.66. The Morgan fingerprint density at radius 3 is 2.72 bits per heavy atom. The molecule has 29 heavy (non-hydrogen) atoms. The van der Waals surface area contributed by atoms with Crippen LogP contribution in [0.15, 0.2) is 71.2 Å². The number of ether oxygens (including phenoxy) is 2. The maximum absolute atomic E-state index is 12.9. The molecular weight excluding hydrogens is 402 g/mol. The summed E-state index contributed by atoms with van der Waals surface area (Å²) < 4.78 is 12.0. The SMILES string of the molecule is COCCCN1C(=O)C(=CC2=Cc3ccccc3OC2c2ccccc2)SC1=S. The Hall–Kier alpha value is -2.41. The molecule has 1 unspecified atom stereocenters. The molecule has 0 N–H and O–H groups in total. The molecule has 2 aliphatic rings. The molecule has 6 heteroatoms. The molecule has 1 fully saturated rings. The third kappa shape index (κ3) is 4.29. The van der Waals surface area contributed by atoms with Gasteiger partial charge in [-0.3, -0.25) is 9.69 Å². The summed E-state index contributed by atoms with van der Waals surface area (Å²) in [7, 11) is 1.65. The van der Waals surface area contributed by atoms with Crippen LogP contribution in [0.25, 0.3) is 6.08 Å². The van der Waals surface area contributed by atoms with Crippen molar-refractivity contribution in [2.24, 2.45) is 0 Å². The molecule has 148 valence electrons. The topological polar surface area (TPSA) is 38.8 Å². The van der Waals surface area contributed by atoms with E-state index in [-0.39, 0.29) is 12.0 Å². The van der Waals surface area contributed by atoms with Gasteiger partial charge in [0.2, 0.25) is 0 Å². The molecule has 0 bridgehead atoms. The van der Waals surface area contributed by atoms with Crippen LogP contribution in [0.2, 0.25) is 0 Å². The second-order valence-electron chi connectivity index (χ2n) is 6.77. The zero-order valence-corrected chi connectivity index (χ0v) is 17.7. The predicted molar refractivity (Wildman–Crippen MR) is 121 cm³/mol. The summed E-state index contributed by atoms with van der Waals surface area (Å²) in [6.07, 6.45) is 4.49. The molecule has 1 saturated heterocycles. The summed E-state index contributed by atoms with van der Waals surface area (Å²) in [5, 5.41) is 0. The highest BCUT2D eigenvalue weighted by Crippen LogP contribution is 2.40. The molecule has 2 aromatic carbocycles. The van der Waals surface area contributed by atoms with Gasteiger partial charge in [-0.2, -0.15) is 0 Å². The number of amides is 1. The van der Waals surface area contributed by atoms with Gasteiger partial charge in [0.05, 0.1) is 4.91 Å². The predicted octanol–water partition coefficient (Wildman–Crippen LogP) is 4.98. The van der Waals surface area contributed by atoms with Gasteiger partial charge < -0.3 is 9.47 Å². The number of carbonyl (C=O) groups is 1. The number of hydrogen-bond acceptors (Lipinski definition) is 5. The first-order chi connectivity index (χ1) is 14.2. The largest absolute Gasteiger partial charge is 0.480 e. The van der Waals surface area contributed by atoms with Crippen molar-refractivity contribution in [3.05, 3.63) is 82.3 Å². The van der Waals surface area contributed by atoms with Crippen LogP contribution in [0.1, 0.15) is 23.7 Å². The van der Waals surface area contributed by atoms with Gasteiger partial charge in [-0.15, -0.1) is 0 Å². The third-order valence-corrected chi connectivity index (χ3v) is 6.17. The van der Waals surface area contributed by atoms with Gasteiger partial charge in [0.15, 0.2) is 0 Å². The van der Waals surface area contributed by atoms with Gasteiger partial charge in [0.25, 0.3) is 5.91 Å². The first kappa shape index (κ1) is 19.9. The Bertz CT molecular complexity index is 985. The van der Waals surface area contributed by atoms with Crippen molar-refractivity contribution in [1.82, 2.24) is 4.90 Å². The average molecular weight is 424 g/mol. The number of para-hydroxylation sites is 1. The smallest absolute Gasteiger partial charge is 0.266 e. The Kier molecular flexibility index (Phi) is 6.13. The summed E-state index contributed by atoms with van der Waals surface area (Å²) in [6, 6.07) is 18.0. The monoisotopic (exact) mass is 423 g/mol. The molecule has 0 aromatic heterocycles. The lowest BCUT2D eigenvalue weighted by atomic mass is 9.95. The highest BCUT2D eigenvalue weighted by atomic mass is 32.2. The van der Waals surface area contributed by atoms with Crippen molar-refractivity contribution in [3.63, 3.8) is 0 Å². The highest BCUT2D eigenvalue weighted by Gasteiger charge is 2.33. The standard InChI is InChI=1S/C23H21NO3S2/c1-26-13-7-12-24-22(25)20(29-23(24)28)15-18-14-17-10-5-6-11-19(17)27-21(18)16-8-3-2-4-9-16/h2-6,8-11,14-15,21H,7,12-13H2,1H3. The van der Waals surface area contributed by atoms with E-state index in [1.807, 2.05) is 60.7 Å². The van der Waals surface area contributed by atoms with E-state index >= 15 is 0 Å². The van der Waals surface area contributed by atoms with E-state index in [1.165, 1.54) is 11.8 Å². The van der Waals surface area contributed by atoms with Crippen molar-refractivity contribution < 1.29 is 14.3 Å². The molecule has 1 amide bonds. The van der Waals surface area contributed by atoms with E-state index in [0.717, 1.165) is 28.9 Å². The lowest BCUT2D eigenvalue weighted by Gasteiger charge is -2.26. The van der Waals surface area contributed by atoms with Crippen LogP contribution in [-0.4, -0.2) is 35.4 Å². The van der Waals surface area contributed by atoms with Gasteiger partial charge in [-0.05, 0) is 35.8 Å². The van der Waals surface area contributed by atoms with Crippen LogP contribution < -0.4 is 4.74 Å². The highest BCUT2D eigenvalue weighted by molar-refractivity contribution is 8.26. The quantitative estimate of drug-likeness (QED) is 0.372. The molecule has 0 saturated carbocycles. The van der Waals surface area contributed by atoms with E-state index in [0.29, 0.717) is 22.4 Å². The fourth-order valence-electron chi connectivity index (χ4n) is 3.37. The number of rotatable bonds is 6. The third-order valence-electron chi connectivity index (χ3n) is 4.79. The molecule has 4 rings (SSSR count). The van der Waals surface area contributed by atoms with E-state index in [1.54, 1.807) is 12.0 Å². The fourth-order valence-corrected chi connectivity index (χ4v) is 4.68. The number of thioether (sulfide) groups is 1. The summed E-state index contributed by atoms with van der Waals surface area (Å²) in [5.74, 6) is 0.785. The average Bonchev–Trinajstić information content (AvgIpc) is 3.01. The Morgan fingerprint density at radius 1 is 1.17 bits per heavy atom. The van der Waals surface area contributed by atoms with Crippen molar-refractivity contribution in [2.75, 3.05) is 20.3 Å². The van der Waals surface area contributed by atoms with Crippen LogP contribution >= 0.6 is 24.0 Å². The van der Waals surface area contributed by atoms with Crippen molar-refractivity contribution >= 4 is 40.3 Å². The molecular formula is C23H21NO3S2. The Labute approximate surface area is 180 Å². The van der Waals surface area contributed by atoms with Gasteiger partial charge in [0.1, 0.15) is 16.2 Å². The molecule has 0 spiro atoms. The number of hydrogen-bond donors (Lipinski definition) is 0. The normalized spacial score (nSPS) is 19.9. The second-order valence-corrected chi connectivity index (χ2v) is 8.45. The van der Waals surface area contributed by atoms with Gasteiger partial charge in [-0.1, -0.05) is 72.5 Å². The van der Waals surface area contributed by atoms with Gasteiger partial charge in [-0.25, -0.2) is 0 Å². The van der Waals surface area contributed by atoms with Crippen LogP contribution in [0, 0.1) is 0 Å². The van der Waals surface area contributed by atoms with Crippen molar-refractivity contribution in [3.8, 4) is 5.75 Å². The van der Waals surface area contributed by atoms with Crippen molar-refractivity contribution in [2.45, 2.75) is 12.5 Å². The zero-order chi connectivity index (χ0) is 20.2. The van der Waals surface area contributed by atoms with Crippen LogP contribution in [-0.2, 0) is 9.53 Å². The van der Waals surface area contributed by atoms with E-state index in [2.05, 4.69) is 6.08 Å². The molecule has 4 nitrogen and oxygen atoms in total. The van der Waals surface area contributed by atoms with Gasteiger partial charge >= 0.3 is 0 Å². The van der Waals surface area contributed by atoms with Crippen LogP contribution in [0.5, 0.6) is 5.75 Å². The number of carbonyl (C=O) groups excluding carboxylic acids is 1. The van der Waals surface area contributed by atoms with Crippen LogP contribution in [0.4, 0.5) is 0 Å². The Morgan fingerprint density at radius 2 is 1.93 bits per heavy atom. The number of nitrogens with zero attached hydrogens (tertiary/aromatic N) is 1. The van der Waals surface area contributed by atoms with Gasteiger partial charge in [0, 0.05) is 25.8 Å². The molecule has 2 heterocycles. The zero-order valence-electron chi connectivity index (χ0n) is 16.0. The first-order valence-electron chi connectivity index (χ1n) is 9.44. The maximum Gasteiger partial charge on any atom is 0.266 e. The minimum absolute atomic E-state index is 0.0531. The lowest BCUT2D eigenvalue weighted by Crippen LogP contribution is -2.29. The number of fused-ring (bicyclic) bond motifs is 1. The summed E-state index contributed by atoms with van der Waals surface area (Å²) in [6.45, 7) is 1.16. The number of benzene rings is 2. The summed E-state index contributed by atoms with van der Waals surface area (Å²) in [4.78, 5) is 15.2. The molecule has 1 atom stereocenters. The number of thiocarbonyl (C=S) groups is 1. The fraction of sp³-hybridized carbons (Fsp3) is 0.217. The van der Waals surface area contributed by atoms with Crippen LogP contribution in [0.3, 0.4) is 0 Å². The molecule has 0 aliphatic carbocycles. The van der Waals surface area contributed by atoms with Crippen molar-refractivity contribution in [1.29, 1.82) is 0 Å². The minimum Gasteiger partial charge on any atom is -0.480 e. The van der Waals surface area contributed by atoms with E-state index in [4.69, 9.17) is 21.7 Å². The van der Waals surface area contributed by atoms with E-state index in [9.17, 15) is 4.79 Å².